The molecule has 1 atom stereocenters. The lowest BCUT2D eigenvalue weighted by molar-refractivity contribution is -0.120. The minimum Gasteiger partial charge on any atom is -0.369 e. The summed E-state index contributed by atoms with van der Waals surface area (Å²) in [5.74, 6) is 0.293. The molecule has 76 valence electrons. The number of rotatable bonds is 3. The second-order valence-electron chi connectivity index (χ2n) is 3.98. The zero-order chi connectivity index (χ0) is 9.97. The van der Waals surface area contributed by atoms with Crippen LogP contribution in [0, 0.1) is 5.92 Å². The normalized spacial score (nSPS) is 19.7. The van der Waals surface area contributed by atoms with Crippen LogP contribution < -0.4 is 5.73 Å². The Labute approximate surface area is 88.1 Å². The van der Waals surface area contributed by atoms with Crippen LogP contribution in [0.3, 0.4) is 0 Å². The smallest absolute Gasteiger partial charge is 0.225 e. The maximum Gasteiger partial charge on any atom is 0.225 e. The summed E-state index contributed by atoms with van der Waals surface area (Å²) < 4.78 is 0. The van der Waals surface area contributed by atoms with E-state index >= 15 is 0 Å². The summed E-state index contributed by atoms with van der Waals surface area (Å²) in [7, 11) is 0. The zero-order valence-electron chi connectivity index (χ0n) is 8.11. The van der Waals surface area contributed by atoms with Gasteiger partial charge in [0.25, 0.3) is 0 Å². The molecular weight excluding hydrogens is 194 g/mol. The van der Waals surface area contributed by atoms with Crippen LogP contribution in [0.15, 0.2) is 16.8 Å². The maximum atomic E-state index is 11.4. The molecule has 0 aliphatic heterocycles. The van der Waals surface area contributed by atoms with Crippen LogP contribution in [0.1, 0.15) is 37.2 Å². The quantitative estimate of drug-likeness (QED) is 0.816. The molecule has 1 saturated carbocycles. The van der Waals surface area contributed by atoms with E-state index in [-0.39, 0.29) is 11.8 Å². The summed E-state index contributed by atoms with van der Waals surface area (Å²) in [6.07, 6.45) is 4.81. The van der Waals surface area contributed by atoms with Crippen molar-refractivity contribution in [2.24, 2.45) is 11.7 Å². The number of hydrogen-bond donors (Lipinski definition) is 1. The third-order valence-electron chi connectivity index (χ3n) is 3.08. The van der Waals surface area contributed by atoms with E-state index in [0.29, 0.717) is 5.92 Å². The summed E-state index contributed by atoms with van der Waals surface area (Å²) in [5, 5.41) is 4.06. The number of primary amides is 1. The highest BCUT2D eigenvalue weighted by atomic mass is 32.1. The summed E-state index contributed by atoms with van der Waals surface area (Å²) in [6.45, 7) is 0. The molecule has 0 bridgehead atoms. The average molecular weight is 209 g/mol. The summed E-state index contributed by atoms with van der Waals surface area (Å²) in [5.41, 5.74) is 6.59. The van der Waals surface area contributed by atoms with Crippen molar-refractivity contribution in [3.05, 3.63) is 22.4 Å². The van der Waals surface area contributed by atoms with Gasteiger partial charge in [-0.05, 0) is 41.1 Å². The van der Waals surface area contributed by atoms with E-state index in [1.54, 1.807) is 11.3 Å². The van der Waals surface area contributed by atoms with Gasteiger partial charge in [-0.2, -0.15) is 11.3 Å². The Morgan fingerprint density at radius 1 is 1.50 bits per heavy atom. The Balaban J connectivity index is 2.19. The van der Waals surface area contributed by atoms with Gasteiger partial charge in [0.2, 0.25) is 5.91 Å². The molecule has 0 aromatic carbocycles. The highest BCUT2D eigenvalue weighted by Gasteiger charge is 2.30. The van der Waals surface area contributed by atoms with E-state index in [0.717, 1.165) is 18.4 Å². The highest BCUT2D eigenvalue weighted by Crippen LogP contribution is 2.37. The molecule has 1 aliphatic carbocycles. The molecule has 1 aromatic rings. The van der Waals surface area contributed by atoms with Crippen LogP contribution in [0.4, 0.5) is 0 Å². The van der Waals surface area contributed by atoms with Gasteiger partial charge < -0.3 is 5.73 Å². The van der Waals surface area contributed by atoms with Crippen LogP contribution >= 0.6 is 11.3 Å². The van der Waals surface area contributed by atoms with Gasteiger partial charge in [0, 0.05) is 0 Å². The summed E-state index contributed by atoms with van der Waals surface area (Å²) in [6, 6.07) is 2.03. The molecule has 0 spiro atoms. The lowest BCUT2D eigenvalue weighted by Crippen LogP contribution is -2.26. The molecule has 1 amide bonds. The molecule has 2 nitrogen and oxygen atoms in total. The third-order valence-corrected chi connectivity index (χ3v) is 3.78. The maximum absolute atomic E-state index is 11.4. The SMILES string of the molecule is NC(=O)C(c1ccsc1)C1CCCC1. The van der Waals surface area contributed by atoms with E-state index < -0.39 is 0 Å². The lowest BCUT2D eigenvalue weighted by Gasteiger charge is -2.18. The Morgan fingerprint density at radius 3 is 2.71 bits per heavy atom. The first-order valence-electron chi connectivity index (χ1n) is 5.10. The molecule has 0 saturated heterocycles. The molecule has 3 heteroatoms. The number of thiophene rings is 1. The average Bonchev–Trinajstić information content (AvgIpc) is 2.75. The fourth-order valence-corrected chi connectivity index (χ4v) is 3.11. The van der Waals surface area contributed by atoms with Gasteiger partial charge in [-0.1, -0.05) is 12.8 Å². The van der Waals surface area contributed by atoms with Crippen LogP contribution in [0.5, 0.6) is 0 Å². The van der Waals surface area contributed by atoms with Crippen molar-refractivity contribution in [2.75, 3.05) is 0 Å². The van der Waals surface area contributed by atoms with Crippen molar-refractivity contribution in [3.8, 4) is 0 Å². The first kappa shape index (κ1) is 9.71. The first-order valence-corrected chi connectivity index (χ1v) is 6.04. The van der Waals surface area contributed by atoms with Gasteiger partial charge in [-0.3, -0.25) is 4.79 Å². The molecule has 0 radical (unpaired) electrons. The van der Waals surface area contributed by atoms with E-state index in [1.165, 1.54) is 12.8 Å². The number of carbonyl (C=O) groups excluding carboxylic acids is 1. The number of hydrogen-bond acceptors (Lipinski definition) is 2. The van der Waals surface area contributed by atoms with E-state index in [4.69, 9.17) is 5.73 Å². The predicted molar refractivity (Wildman–Crippen MR) is 58.2 cm³/mol. The van der Waals surface area contributed by atoms with Gasteiger partial charge in [0.1, 0.15) is 0 Å². The van der Waals surface area contributed by atoms with Crippen molar-refractivity contribution in [1.29, 1.82) is 0 Å². The van der Waals surface area contributed by atoms with Gasteiger partial charge in [0.15, 0.2) is 0 Å². The Morgan fingerprint density at radius 2 is 2.21 bits per heavy atom. The van der Waals surface area contributed by atoms with E-state index in [2.05, 4.69) is 0 Å². The van der Waals surface area contributed by atoms with Gasteiger partial charge in [0.05, 0.1) is 5.92 Å². The molecule has 1 fully saturated rings. The van der Waals surface area contributed by atoms with E-state index in [9.17, 15) is 4.79 Å². The Hall–Kier alpha value is -0.830. The second kappa shape index (κ2) is 4.13. The molecule has 14 heavy (non-hydrogen) atoms. The Kier molecular flexibility index (Phi) is 2.87. The van der Waals surface area contributed by atoms with Crippen LogP contribution in [-0.4, -0.2) is 5.91 Å². The number of nitrogens with two attached hydrogens (primary N) is 1. The minimum atomic E-state index is -0.157. The van der Waals surface area contributed by atoms with Crippen LogP contribution in [0.25, 0.3) is 0 Å². The monoisotopic (exact) mass is 209 g/mol. The van der Waals surface area contributed by atoms with Crippen molar-refractivity contribution >= 4 is 17.2 Å². The molecule has 1 aliphatic rings. The first-order chi connectivity index (χ1) is 6.79. The second-order valence-corrected chi connectivity index (χ2v) is 4.76. The summed E-state index contributed by atoms with van der Waals surface area (Å²) >= 11 is 1.64. The molecule has 1 unspecified atom stereocenters. The van der Waals surface area contributed by atoms with E-state index in [1.807, 2.05) is 16.8 Å². The third kappa shape index (κ3) is 1.82. The summed E-state index contributed by atoms with van der Waals surface area (Å²) in [4.78, 5) is 11.4. The van der Waals surface area contributed by atoms with Gasteiger partial charge >= 0.3 is 0 Å². The highest BCUT2D eigenvalue weighted by molar-refractivity contribution is 7.08. The Bertz CT molecular complexity index is 301. The van der Waals surface area contributed by atoms with Gasteiger partial charge in [-0.15, -0.1) is 0 Å². The fourth-order valence-electron chi connectivity index (χ4n) is 2.41. The van der Waals surface area contributed by atoms with Crippen LogP contribution in [-0.2, 0) is 4.79 Å². The predicted octanol–water partition coefficient (Wildman–Crippen LogP) is 2.51. The van der Waals surface area contributed by atoms with Crippen LogP contribution in [0.2, 0.25) is 0 Å². The lowest BCUT2D eigenvalue weighted by atomic mass is 9.86. The van der Waals surface area contributed by atoms with Crippen molar-refractivity contribution < 1.29 is 4.79 Å². The molecule has 1 heterocycles. The topological polar surface area (TPSA) is 43.1 Å². The number of amides is 1. The number of carbonyl (C=O) groups is 1. The largest absolute Gasteiger partial charge is 0.369 e. The molecule has 2 N–H and O–H groups in total. The fraction of sp³-hybridized carbons (Fsp3) is 0.545. The zero-order valence-corrected chi connectivity index (χ0v) is 8.93. The molecule has 2 rings (SSSR count). The standard InChI is InChI=1S/C11H15NOS/c12-11(13)10(8-3-1-2-4-8)9-5-6-14-7-9/h5-8,10H,1-4H2,(H2,12,13). The molecule has 1 aromatic heterocycles. The minimum absolute atomic E-state index is 0.0382. The van der Waals surface area contributed by atoms with Crippen molar-refractivity contribution in [3.63, 3.8) is 0 Å². The molecular formula is C11H15NOS. The van der Waals surface area contributed by atoms with Crippen molar-refractivity contribution in [2.45, 2.75) is 31.6 Å². The van der Waals surface area contributed by atoms with Crippen molar-refractivity contribution in [1.82, 2.24) is 0 Å². The van der Waals surface area contributed by atoms with Gasteiger partial charge in [-0.25, -0.2) is 0 Å².